The van der Waals surface area contributed by atoms with Crippen molar-refractivity contribution in [2.75, 3.05) is 12.4 Å². The van der Waals surface area contributed by atoms with Crippen molar-refractivity contribution in [3.05, 3.63) is 76.5 Å². The van der Waals surface area contributed by atoms with Gasteiger partial charge in [0.05, 0.1) is 12.7 Å². The molecule has 0 aliphatic rings. The predicted molar refractivity (Wildman–Crippen MR) is 101 cm³/mol. The standard InChI is InChI=1S/C19H17NO2S2/c1-22-16-8-6-15(7-9-16)20-19(21)17-4-2-3-5-18(17)24-13-14-10-11-23-12-14/h2-12H,13H2,1H3,(H,20,21). The molecule has 0 unspecified atom stereocenters. The van der Waals surface area contributed by atoms with Gasteiger partial charge in [0.1, 0.15) is 5.75 Å². The second-order valence-corrected chi connectivity index (χ2v) is 6.90. The molecule has 0 radical (unpaired) electrons. The largest absolute Gasteiger partial charge is 0.497 e. The van der Waals surface area contributed by atoms with E-state index in [1.165, 1.54) is 5.56 Å². The average Bonchev–Trinajstić information content (AvgIpc) is 3.14. The Balaban J connectivity index is 1.71. The van der Waals surface area contributed by atoms with Gasteiger partial charge in [0.15, 0.2) is 0 Å². The summed E-state index contributed by atoms with van der Waals surface area (Å²) in [6.07, 6.45) is 0. The van der Waals surface area contributed by atoms with Crippen LogP contribution in [0.25, 0.3) is 0 Å². The highest BCUT2D eigenvalue weighted by atomic mass is 32.2. The third kappa shape index (κ3) is 4.19. The molecule has 122 valence electrons. The molecule has 0 saturated heterocycles. The third-order valence-electron chi connectivity index (χ3n) is 3.45. The van der Waals surface area contributed by atoms with Gasteiger partial charge in [-0.15, -0.1) is 11.8 Å². The fraction of sp³-hybridized carbons (Fsp3) is 0.105. The fourth-order valence-corrected chi connectivity index (χ4v) is 3.96. The van der Waals surface area contributed by atoms with Gasteiger partial charge in [-0.25, -0.2) is 0 Å². The Kier molecular flexibility index (Phi) is 5.56. The lowest BCUT2D eigenvalue weighted by Gasteiger charge is -2.10. The van der Waals surface area contributed by atoms with Gasteiger partial charge in [-0.2, -0.15) is 11.3 Å². The zero-order valence-electron chi connectivity index (χ0n) is 13.2. The van der Waals surface area contributed by atoms with Crippen LogP contribution in [0.1, 0.15) is 15.9 Å². The summed E-state index contributed by atoms with van der Waals surface area (Å²) in [6.45, 7) is 0. The van der Waals surface area contributed by atoms with Gasteiger partial charge in [-0.1, -0.05) is 12.1 Å². The number of methoxy groups -OCH3 is 1. The molecule has 0 saturated carbocycles. The minimum Gasteiger partial charge on any atom is -0.497 e. The van der Waals surface area contributed by atoms with Crippen molar-refractivity contribution in [3.8, 4) is 5.75 Å². The van der Waals surface area contributed by atoms with E-state index in [1.54, 1.807) is 30.2 Å². The van der Waals surface area contributed by atoms with Crippen LogP contribution in [-0.2, 0) is 5.75 Å². The molecular formula is C19H17NO2S2. The van der Waals surface area contributed by atoms with E-state index >= 15 is 0 Å². The van der Waals surface area contributed by atoms with Crippen molar-refractivity contribution in [1.82, 2.24) is 0 Å². The molecule has 0 bridgehead atoms. The summed E-state index contributed by atoms with van der Waals surface area (Å²) in [5.41, 5.74) is 2.71. The van der Waals surface area contributed by atoms with Crippen molar-refractivity contribution in [1.29, 1.82) is 0 Å². The lowest BCUT2D eigenvalue weighted by molar-refractivity contribution is 0.102. The number of thiophene rings is 1. The minimum atomic E-state index is -0.103. The van der Waals surface area contributed by atoms with Crippen molar-refractivity contribution in [2.45, 2.75) is 10.6 Å². The van der Waals surface area contributed by atoms with Crippen molar-refractivity contribution in [3.63, 3.8) is 0 Å². The first-order valence-corrected chi connectivity index (χ1v) is 9.37. The third-order valence-corrected chi connectivity index (χ3v) is 5.33. The van der Waals surface area contributed by atoms with Crippen LogP contribution < -0.4 is 10.1 Å². The fourth-order valence-electron chi connectivity index (χ4n) is 2.19. The van der Waals surface area contributed by atoms with E-state index in [0.717, 1.165) is 22.1 Å². The zero-order chi connectivity index (χ0) is 16.8. The number of ether oxygens (including phenoxy) is 1. The second-order valence-electron chi connectivity index (χ2n) is 5.10. The number of carbonyl (C=O) groups excluding carboxylic acids is 1. The molecule has 1 amide bonds. The molecule has 1 heterocycles. The van der Waals surface area contributed by atoms with Crippen LogP contribution in [-0.4, -0.2) is 13.0 Å². The molecule has 3 rings (SSSR count). The molecule has 24 heavy (non-hydrogen) atoms. The second kappa shape index (κ2) is 8.04. The highest BCUT2D eigenvalue weighted by Gasteiger charge is 2.12. The molecule has 0 atom stereocenters. The smallest absolute Gasteiger partial charge is 0.256 e. The van der Waals surface area contributed by atoms with Crippen molar-refractivity contribution >= 4 is 34.7 Å². The normalized spacial score (nSPS) is 10.4. The number of hydrogen-bond acceptors (Lipinski definition) is 4. The summed E-state index contributed by atoms with van der Waals surface area (Å²) >= 11 is 3.36. The predicted octanol–water partition coefficient (Wildman–Crippen LogP) is 5.30. The van der Waals surface area contributed by atoms with Gasteiger partial charge in [0, 0.05) is 16.3 Å². The summed E-state index contributed by atoms with van der Waals surface area (Å²) in [5, 5.41) is 7.14. The van der Waals surface area contributed by atoms with E-state index < -0.39 is 0 Å². The maximum absolute atomic E-state index is 12.6. The summed E-state index contributed by atoms with van der Waals surface area (Å²) in [7, 11) is 1.62. The topological polar surface area (TPSA) is 38.3 Å². The number of amides is 1. The van der Waals surface area contributed by atoms with Crippen LogP contribution in [0.3, 0.4) is 0 Å². The van der Waals surface area contributed by atoms with E-state index in [1.807, 2.05) is 48.5 Å². The highest BCUT2D eigenvalue weighted by molar-refractivity contribution is 7.98. The average molecular weight is 355 g/mol. The molecule has 0 aliphatic carbocycles. The van der Waals surface area contributed by atoms with E-state index in [-0.39, 0.29) is 5.91 Å². The first-order valence-electron chi connectivity index (χ1n) is 7.44. The van der Waals surface area contributed by atoms with Crippen LogP contribution in [0.2, 0.25) is 0 Å². The van der Waals surface area contributed by atoms with Crippen LogP contribution in [0.5, 0.6) is 5.75 Å². The van der Waals surface area contributed by atoms with Crippen LogP contribution in [0.15, 0.2) is 70.3 Å². The zero-order valence-corrected chi connectivity index (χ0v) is 14.8. The Bertz CT molecular complexity index is 798. The molecule has 0 fully saturated rings. The van der Waals surface area contributed by atoms with E-state index in [0.29, 0.717) is 5.56 Å². The Hall–Kier alpha value is -2.24. The van der Waals surface area contributed by atoms with Crippen LogP contribution in [0.4, 0.5) is 5.69 Å². The molecule has 0 aliphatic heterocycles. The highest BCUT2D eigenvalue weighted by Crippen LogP contribution is 2.28. The van der Waals surface area contributed by atoms with Crippen LogP contribution >= 0.6 is 23.1 Å². The maximum Gasteiger partial charge on any atom is 0.256 e. The summed E-state index contributed by atoms with van der Waals surface area (Å²) in [4.78, 5) is 13.6. The monoisotopic (exact) mass is 355 g/mol. The van der Waals surface area contributed by atoms with Crippen molar-refractivity contribution < 1.29 is 9.53 Å². The molecule has 1 N–H and O–H groups in total. The number of benzene rings is 2. The van der Waals surface area contributed by atoms with Crippen molar-refractivity contribution in [2.24, 2.45) is 0 Å². The SMILES string of the molecule is COc1ccc(NC(=O)c2ccccc2SCc2ccsc2)cc1. The van der Waals surface area contributed by atoms with E-state index in [4.69, 9.17) is 4.74 Å². The Morgan fingerprint density at radius 2 is 1.92 bits per heavy atom. The van der Waals surface area contributed by atoms with E-state index in [9.17, 15) is 4.79 Å². The first-order chi connectivity index (χ1) is 11.8. The number of thioether (sulfide) groups is 1. The van der Waals surface area contributed by atoms with Gasteiger partial charge < -0.3 is 10.1 Å². The molecule has 0 spiro atoms. The van der Waals surface area contributed by atoms with Gasteiger partial charge in [0.25, 0.3) is 5.91 Å². The van der Waals surface area contributed by atoms with Gasteiger partial charge in [-0.05, 0) is 58.8 Å². The molecule has 5 heteroatoms. The Labute approximate surface area is 149 Å². The summed E-state index contributed by atoms with van der Waals surface area (Å²) in [6, 6.07) is 17.1. The molecule has 3 nitrogen and oxygen atoms in total. The van der Waals surface area contributed by atoms with E-state index in [2.05, 4.69) is 22.1 Å². The molecule has 2 aromatic carbocycles. The Morgan fingerprint density at radius 1 is 1.12 bits per heavy atom. The lowest BCUT2D eigenvalue weighted by Crippen LogP contribution is -2.12. The molecule has 1 aromatic heterocycles. The number of rotatable bonds is 6. The quantitative estimate of drug-likeness (QED) is 0.610. The number of carbonyl (C=O) groups is 1. The Morgan fingerprint density at radius 3 is 2.62 bits per heavy atom. The lowest BCUT2D eigenvalue weighted by atomic mass is 10.2. The number of hydrogen-bond donors (Lipinski definition) is 1. The van der Waals surface area contributed by atoms with Gasteiger partial charge in [-0.3, -0.25) is 4.79 Å². The van der Waals surface area contributed by atoms with Gasteiger partial charge in [0.2, 0.25) is 0 Å². The summed E-state index contributed by atoms with van der Waals surface area (Å²) in [5.74, 6) is 1.52. The number of nitrogens with one attached hydrogen (secondary N) is 1. The maximum atomic E-state index is 12.6. The molecular weight excluding hydrogens is 338 g/mol. The number of anilines is 1. The first kappa shape index (κ1) is 16.6. The van der Waals surface area contributed by atoms with Crippen LogP contribution in [0, 0.1) is 0 Å². The molecule has 3 aromatic rings. The van der Waals surface area contributed by atoms with Gasteiger partial charge >= 0.3 is 0 Å². The minimum absolute atomic E-state index is 0.103. The summed E-state index contributed by atoms with van der Waals surface area (Å²) < 4.78 is 5.13.